The van der Waals surface area contributed by atoms with Crippen LogP contribution in [-0.4, -0.2) is 37.0 Å². The second-order valence-corrected chi connectivity index (χ2v) is 8.55. The van der Waals surface area contributed by atoms with Gasteiger partial charge in [-0.25, -0.2) is 9.37 Å². The minimum absolute atomic E-state index is 0.0391. The van der Waals surface area contributed by atoms with Gasteiger partial charge >= 0.3 is 0 Å². The van der Waals surface area contributed by atoms with Crippen molar-refractivity contribution in [1.82, 2.24) is 19.6 Å². The maximum atomic E-state index is 13.1. The van der Waals surface area contributed by atoms with E-state index in [1.165, 1.54) is 16.7 Å². The van der Waals surface area contributed by atoms with E-state index in [0.29, 0.717) is 37.6 Å². The van der Waals surface area contributed by atoms with Gasteiger partial charge in [-0.15, -0.1) is 0 Å². The lowest BCUT2D eigenvalue weighted by Gasteiger charge is -2.42. The Hall–Kier alpha value is -3.33. The van der Waals surface area contributed by atoms with Gasteiger partial charge in [-0.1, -0.05) is 17.3 Å². The van der Waals surface area contributed by atoms with E-state index < -0.39 is 22.6 Å². The number of carbonyl (C=O) groups excluding carboxylic acids is 1. The lowest BCUT2D eigenvalue weighted by atomic mass is 9.97. The molecule has 0 unspecified atom stereocenters. The van der Waals surface area contributed by atoms with Crippen LogP contribution < -0.4 is 5.56 Å². The van der Waals surface area contributed by atoms with E-state index in [9.17, 15) is 19.1 Å². The van der Waals surface area contributed by atoms with E-state index in [1.54, 1.807) is 12.1 Å². The second kappa shape index (κ2) is 8.31. The summed E-state index contributed by atoms with van der Waals surface area (Å²) in [4.78, 5) is 32.3. The first kappa shape index (κ1) is 21.9. The molecule has 2 aromatic heterocycles. The van der Waals surface area contributed by atoms with Crippen LogP contribution in [0.3, 0.4) is 0 Å². The van der Waals surface area contributed by atoms with Crippen molar-refractivity contribution in [2.24, 2.45) is 0 Å². The first-order valence-corrected chi connectivity index (χ1v) is 10.5. The number of ketones is 1. The average Bonchev–Trinajstić information content (AvgIpc) is 3.16. The van der Waals surface area contributed by atoms with Crippen LogP contribution in [0, 0.1) is 12.7 Å². The van der Waals surface area contributed by atoms with Crippen LogP contribution >= 0.6 is 0 Å². The number of fused-ring (bicyclic) bond motifs is 1. The van der Waals surface area contributed by atoms with Crippen molar-refractivity contribution in [3.05, 3.63) is 75.0 Å². The molecule has 0 amide bonds. The van der Waals surface area contributed by atoms with Gasteiger partial charge in [-0.3, -0.25) is 19.1 Å². The lowest BCUT2D eigenvalue weighted by Crippen LogP contribution is -2.52. The van der Waals surface area contributed by atoms with Gasteiger partial charge < -0.3 is 9.63 Å². The van der Waals surface area contributed by atoms with E-state index in [4.69, 9.17) is 4.52 Å². The normalized spacial score (nSPS) is 15.5. The van der Waals surface area contributed by atoms with Gasteiger partial charge in [0.05, 0.1) is 11.2 Å². The number of Topliss-reactive ketones (excluding diaryl/α,β-unsaturated/α-hetero) is 1. The zero-order valence-corrected chi connectivity index (χ0v) is 18.3. The molecule has 3 heterocycles. The molecule has 32 heavy (non-hydrogen) atoms. The van der Waals surface area contributed by atoms with E-state index >= 15 is 0 Å². The van der Waals surface area contributed by atoms with E-state index in [1.807, 2.05) is 26.8 Å². The third-order valence-corrected chi connectivity index (χ3v) is 5.92. The van der Waals surface area contributed by atoms with Gasteiger partial charge in [0, 0.05) is 32.1 Å². The Kier molecular flexibility index (Phi) is 5.68. The van der Waals surface area contributed by atoms with Crippen LogP contribution in [0.1, 0.15) is 53.6 Å². The largest absolute Gasteiger partial charge is 0.501 e. The molecule has 0 fully saturated rings. The summed E-state index contributed by atoms with van der Waals surface area (Å²) < 4.78 is 19.7. The van der Waals surface area contributed by atoms with Crippen LogP contribution in [0.5, 0.6) is 5.75 Å². The Labute approximate surface area is 184 Å². The standard InChI is InChI=1S/C23H25FN4O4/c1-14-12-17(26-32-14)13-27-10-11-28-21(31)20(30)19(25-22(28)23(27,2)3)18(29)9-6-15-4-7-16(24)8-5-15/h4-5,7-8,12,30H,6,9-11,13H2,1-3H3. The predicted octanol–water partition coefficient (Wildman–Crippen LogP) is 2.95. The highest BCUT2D eigenvalue weighted by Gasteiger charge is 2.39. The minimum atomic E-state index is -0.691. The summed E-state index contributed by atoms with van der Waals surface area (Å²) in [5, 5.41) is 14.5. The number of aryl methyl sites for hydroxylation is 2. The van der Waals surface area contributed by atoms with Crippen LogP contribution in [0.25, 0.3) is 0 Å². The molecule has 0 aliphatic carbocycles. The van der Waals surface area contributed by atoms with Crippen LogP contribution in [0.4, 0.5) is 4.39 Å². The van der Waals surface area contributed by atoms with Crippen LogP contribution in [-0.2, 0) is 25.0 Å². The molecule has 3 aromatic rings. The first-order chi connectivity index (χ1) is 15.2. The second-order valence-electron chi connectivity index (χ2n) is 8.55. The molecule has 0 radical (unpaired) electrons. The maximum Gasteiger partial charge on any atom is 0.296 e. The molecule has 8 nitrogen and oxygen atoms in total. The number of halogens is 1. The number of aromatic hydroxyl groups is 1. The molecule has 0 saturated carbocycles. The van der Waals surface area contributed by atoms with Crippen LogP contribution in [0.15, 0.2) is 39.6 Å². The number of carbonyl (C=O) groups is 1. The van der Waals surface area contributed by atoms with Gasteiger partial charge in [0.1, 0.15) is 17.4 Å². The Morgan fingerprint density at radius 1 is 1.25 bits per heavy atom. The highest BCUT2D eigenvalue weighted by Crippen LogP contribution is 2.32. The SMILES string of the molecule is Cc1cc(CN2CCn3c(nc(C(=O)CCc4ccc(F)cc4)c(O)c3=O)C2(C)C)no1. The Morgan fingerprint density at radius 3 is 2.62 bits per heavy atom. The third kappa shape index (κ3) is 4.08. The summed E-state index contributed by atoms with van der Waals surface area (Å²) >= 11 is 0. The molecule has 1 aliphatic rings. The van der Waals surface area contributed by atoms with Crippen molar-refractivity contribution in [2.45, 2.75) is 52.2 Å². The molecule has 1 N–H and O–H groups in total. The van der Waals surface area contributed by atoms with Gasteiger partial charge in [0.25, 0.3) is 5.56 Å². The fourth-order valence-electron chi connectivity index (χ4n) is 4.05. The molecule has 1 aliphatic heterocycles. The predicted molar refractivity (Wildman–Crippen MR) is 114 cm³/mol. The lowest BCUT2D eigenvalue weighted by molar-refractivity contribution is 0.0628. The molecule has 4 rings (SSSR count). The smallest absolute Gasteiger partial charge is 0.296 e. The fraction of sp³-hybridized carbons (Fsp3) is 0.391. The third-order valence-electron chi connectivity index (χ3n) is 5.92. The summed E-state index contributed by atoms with van der Waals surface area (Å²) in [6, 6.07) is 7.71. The molecule has 0 spiro atoms. The molecule has 1 aromatic carbocycles. The first-order valence-electron chi connectivity index (χ1n) is 10.5. The van der Waals surface area contributed by atoms with Crippen molar-refractivity contribution in [3.8, 4) is 5.75 Å². The number of nitrogens with zero attached hydrogens (tertiary/aromatic N) is 4. The molecule has 0 atom stereocenters. The number of hydrogen-bond donors (Lipinski definition) is 1. The van der Waals surface area contributed by atoms with E-state index in [-0.39, 0.29) is 17.9 Å². The number of aromatic nitrogens is 3. The summed E-state index contributed by atoms with van der Waals surface area (Å²) in [5.41, 5.74) is 0.00835. The fourth-order valence-corrected chi connectivity index (χ4v) is 4.05. The van der Waals surface area contributed by atoms with Crippen molar-refractivity contribution >= 4 is 5.78 Å². The number of rotatable bonds is 6. The van der Waals surface area contributed by atoms with Gasteiger partial charge in [-0.2, -0.15) is 0 Å². The summed E-state index contributed by atoms with van der Waals surface area (Å²) in [6.45, 7) is 7.03. The highest BCUT2D eigenvalue weighted by molar-refractivity contribution is 5.96. The molecule has 0 saturated heterocycles. The Balaban J connectivity index is 1.61. The molecule has 9 heteroatoms. The van der Waals surface area contributed by atoms with Crippen molar-refractivity contribution in [1.29, 1.82) is 0 Å². The van der Waals surface area contributed by atoms with Crippen molar-refractivity contribution in [2.75, 3.05) is 6.54 Å². The number of hydrogen-bond acceptors (Lipinski definition) is 7. The summed E-state index contributed by atoms with van der Waals surface area (Å²) in [6.07, 6.45) is 0.386. The molecular formula is C23H25FN4O4. The Bertz CT molecular complexity index is 1210. The van der Waals surface area contributed by atoms with E-state index in [2.05, 4.69) is 15.0 Å². The van der Waals surface area contributed by atoms with Crippen molar-refractivity contribution in [3.63, 3.8) is 0 Å². The molecule has 168 valence electrons. The topological polar surface area (TPSA) is 101 Å². The molecular weight excluding hydrogens is 415 g/mol. The zero-order valence-electron chi connectivity index (χ0n) is 18.3. The average molecular weight is 440 g/mol. The molecule has 0 bridgehead atoms. The minimum Gasteiger partial charge on any atom is -0.501 e. The summed E-state index contributed by atoms with van der Waals surface area (Å²) in [7, 11) is 0. The zero-order chi connectivity index (χ0) is 23.0. The summed E-state index contributed by atoms with van der Waals surface area (Å²) in [5.74, 6) is -0.295. The monoisotopic (exact) mass is 440 g/mol. The van der Waals surface area contributed by atoms with Gasteiger partial charge in [0.2, 0.25) is 5.75 Å². The number of benzene rings is 1. The maximum absolute atomic E-state index is 13.1. The Morgan fingerprint density at radius 2 is 1.97 bits per heavy atom. The quantitative estimate of drug-likeness (QED) is 0.588. The highest BCUT2D eigenvalue weighted by atomic mass is 19.1. The van der Waals surface area contributed by atoms with Crippen molar-refractivity contribution < 1.29 is 18.8 Å². The van der Waals surface area contributed by atoms with Gasteiger partial charge in [0.15, 0.2) is 11.5 Å². The van der Waals surface area contributed by atoms with Crippen LogP contribution in [0.2, 0.25) is 0 Å². The van der Waals surface area contributed by atoms with Gasteiger partial charge in [-0.05, 0) is 44.9 Å². The van der Waals surface area contributed by atoms with E-state index in [0.717, 1.165) is 11.3 Å².